The zero-order valence-electron chi connectivity index (χ0n) is 19.0. The minimum atomic E-state index is -4.67. The van der Waals surface area contributed by atoms with E-state index >= 15 is 0 Å². The van der Waals surface area contributed by atoms with E-state index < -0.39 is 48.1 Å². The zero-order chi connectivity index (χ0) is 26.1. The summed E-state index contributed by atoms with van der Waals surface area (Å²) in [6, 6.07) is 9.71. The van der Waals surface area contributed by atoms with Crippen LogP contribution in [0.3, 0.4) is 0 Å². The summed E-state index contributed by atoms with van der Waals surface area (Å²) in [5, 5.41) is 11.7. The summed E-state index contributed by atoms with van der Waals surface area (Å²) in [5.41, 5.74) is 0.973. The number of halogens is 6. The second kappa shape index (κ2) is 10.1. The molecule has 0 aliphatic heterocycles. The highest BCUT2D eigenvalue weighted by Gasteiger charge is 2.57. The van der Waals surface area contributed by atoms with E-state index in [0.29, 0.717) is 11.1 Å². The Hall–Kier alpha value is -2.68. The zero-order valence-corrected chi connectivity index (χ0v) is 19.8. The van der Waals surface area contributed by atoms with E-state index in [-0.39, 0.29) is 35.0 Å². The van der Waals surface area contributed by atoms with Crippen LogP contribution in [0.15, 0.2) is 42.5 Å². The van der Waals surface area contributed by atoms with Crippen molar-refractivity contribution < 1.29 is 36.6 Å². The third kappa shape index (κ3) is 6.93. The van der Waals surface area contributed by atoms with E-state index in [2.05, 4.69) is 5.32 Å². The first-order valence-corrected chi connectivity index (χ1v) is 11.4. The minimum absolute atomic E-state index is 0.0331. The molecule has 2 aromatic rings. The van der Waals surface area contributed by atoms with E-state index in [4.69, 9.17) is 11.6 Å². The van der Waals surface area contributed by atoms with Gasteiger partial charge in [-0.05, 0) is 40.7 Å². The molecule has 1 amide bonds. The van der Waals surface area contributed by atoms with Gasteiger partial charge in [-0.25, -0.2) is 8.78 Å². The predicted octanol–water partition coefficient (Wildman–Crippen LogP) is 7.35. The van der Waals surface area contributed by atoms with Crippen molar-refractivity contribution in [3.05, 3.63) is 64.2 Å². The number of benzene rings is 2. The lowest BCUT2D eigenvalue weighted by Crippen LogP contribution is -2.26. The number of hydrogen-bond acceptors (Lipinski definition) is 2. The van der Waals surface area contributed by atoms with Gasteiger partial charge < -0.3 is 10.4 Å². The van der Waals surface area contributed by atoms with Gasteiger partial charge in [-0.3, -0.25) is 9.59 Å². The second-order valence-electron chi connectivity index (χ2n) is 9.23. The van der Waals surface area contributed by atoms with E-state index in [1.54, 1.807) is 6.07 Å². The first kappa shape index (κ1) is 26.9. The number of aliphatic carboxylic acids is 1. The third-order valence-electron chi connectivity index (χ3n) is 6.19. The van der Waals surface area contributed by atoms with Crippen LogP contribution in [0.1, 0.15) is 67.6 Å². The highest BCUT2D eigenvalue weighted by molar-refractivity contribution is 6.33. The van der Waals surface area contributed by atoms with E-state index in [1.807, 2.05) is 13.8 Å². The summed E-state index contributed by atoms with van der Waals surface area (Å²) >= 11 is 6.18. The van der Waals surface area contributed by atoms with E-state index in [1.165, 1.54) is 36.4 Å². The Labute approximate surface area is 204 Å². The van der Waals surface area contributed by atoms with Crippen molar-refractivity contribution >= 4 is 29.2 Å². The highest BCUT2D eigenvalue weighted by Crippen LogP contribution is 2.55. The highest BCUT2D eigenvalue weighted by atomic mass is 35.5. The molecule has 1 aliphatic rings. The lowest BCUT2D eigenvalue weighted by molar-refractivity contribution is -0.146. The Morgan fingerprint density at radius 2 is 1.69 bits per heavy atom. The molecule has 2 unspecified atom stereocenters. The number of carbonyl (C=O) groups excluding carboxylic acids is 1. The van der Waals surface area contributed by atoms with Crippen molar-refractivity contribution in [2.24, 2.45) is 5.92 Å². The topological polar surface area (TPSA) is 66.4 Å². The van der Waals surface area contributed by atoms with Gasteiger partial charge in [-0.15, -0.1) is 0 Å². The molecule has 1 aliphatic carbocycles. The third-order valence-corrected chi connectivity index (χ3v) is 6.52. The lowest BCUT2D eigenvalue weighted by Gasteiger charge is -2.22. The van der Waals surface area contributed by atoms with Crippen LogP contribution in [-0.2, 0) is 9.59 Å². The monoisotopic (exact) mass is 517 g/mol. The Balaban J connectivity index is 1.87. The number of nitrogens with one attached hydrogen (secondary N) is 1. The fourth-order valence-electron chi connectivity index (χ4n) is 4.14. The molecule has 190 valence electrons. The lowest BCUT2D eigenvalue weighted by atomic mass is 9.85. The molecule has 0 heterocycles. The van der Waals surface area contributed by atoms with Crippen LogP contribution in [0.2, 0.25) is 5.02 Å². The van der Waals surface area contributed by atoms with Crippen LogP contribution in [0, 0.1) is 5.92 Å². The first-order chi connectivity index (χ1) is 16.2. The van der Waals surface area contributed by atoms with Gasteiger partial charge in [-0.1, -0.05) is 55.8 Å². The number of carboxylic acids is 1. The molecule has 0 aromatic heterocycles. The largest absolute Gasteiger partial charge is 0.481 e. The average molecular weight is 518 g/mol. The number of hydrogen-bond donors (Lipinski definition) is 2. The van der Waals surface area contributed by atoms with Crippen LogP contribution in [0.4, 0.5) is 27.6 Å². The van der Waals surface area contributed by atoms with Gasteiger partial charge in [0.15, 0.2) is 0 Å². The van der Waals surface area contributed by atoms with Crippen molar-refractivity contribution in [1.29, 1.82) is 0 Å². The normalized spacial score (nSPS) is 18.7. The molecular formula is C25H25ClF5NO3. The SMILES string of the molecule is CC(C)C(CC(=O)O)c1ccc(Cl)c(NC(=O)[C@@H](CC(F)(F)F)c2ccc(C3CC3(F)F)cc2)c1. The maximum absolute atomic E-state index is 13.3. The Morgan fingerprint density at radius 1 is 1.11 bits per heavy atom. The van der Waals surface area contributed by atoms with Crippen molar-refractivity contribution in [1.82, 2.24) is 0 Å². The maximum atomic E-state index is 13.3. The molecule has 2 N–H and O–H groups in total. The fourth-order valence-corrected chi connectivity index (χ4v) is 4.31. The maximum Gasteiger partial charge on any atom is 0.390 e. The van der Waals surface area contributed by atoms with Crippen LogP contribution in [0.25, 0.3) is 0 Å². The quantitative estimate of drug-likeness (QED) is 0.342. The molecule has 0 spiro atoms. The van der Waals surface area contributed by atoms with Gasteiger partial charge in [0.25, 0.3) is 5.92 Å². The predicted molar refractivity (Wildman–Crippen MR) is 122 cm³/mol. The Bertz CT molecular complexity index is 1090. The van der Waals surface area contributed by atoms with Gasteiger partial charge in [-0.2, -0.15) is 13.2 Å². The molecule has 1 fully saturated rings. The Morgan fingerprint density at radius 3 is 2.17 bits per heavy atom. The summed E-state index contributed by atoms with van der Waals surface area (Å²) in [5.74, 6) is -7.87. The number of carbonyl (C=O) groups is 2. The molecule has 0 bridgehead atoms. The summed E-state index contributed by atoms with van der Waals surface area (Å²) in [7, 11) is 0. The molecule has 10 heteroatoms. The number of anilines is 1. The molecule has 0 saturated heterocycles. The van der Waals surface area contributed by atoms with Crippen molar-refractivity contribution in [3.8, 4) is 0 Å². The van der Waals surface area contributed by atoms with Crippen LogP contribution in [-0.4, -0.2) is 29.1 Å². The number of carboxylic acid groups (broad SMARTS) is 1. The van der Waals surface area contributed by atoms with Gasteiger partial charge in [0.05, 0.1) is 35.4 Å². The Kier molecular flexibility index (Phi) is 7.79. The fraction of sp³-hybridized carbons (Fsp3) is 0.440. The standard InChI is InChI=1S/C25H25ClF5NO3/c1-13(2)17(10-22(33)34)16-7-8-20(26)21(9-16)32-23(35)18(11-25(29,30)31)14-3-5-15(6-4-14)19-12-24(19,27)28/h3-9,13,17-19H,10-12H2,1-2H3,(H,32,35)(H,33,34)/t17?,18-,19?/m0/s1. The molecule has 35 heavy (non-hydrogen) atoms. The summed E-state index contributed by atoms with van der Waals surface area (Å²) in [6.45, 7) is 3.67. The number of rotatable bonds is 9. The molecular weight excluding hydrogens is 493 g/mol. The van der Waals surface area contributed by atoms with Gasteiger partial charge in [0.1, 0.15) is 0 Å². The average Bonchev–Trinajstić information content (AvgIpc) is 3.39. The van der Waals surface area contributed by atoms with E-state index in [0.717, 1.165) is 0 Å². The molecule has 3 atom stereocenters. The molecule has 2 aromatic carbocycles. The van der Waals surface area contributed by atoms with Crippen molar-refractivity contribution in [3.63, 3.8) is 0 Å². The minimum Gasteiger partial charge on any atom is -0.481 e. The number of amides is 1. The van der Waals surface area contributed by atoms with Crippen LogP contribution in [0.5, 0.6) is 0 Å². The van der Waals surface area contributed by atoms with E-state index in [9.17, 15) is 36.6 Å². The van der Waals surface area contributed by atoms with Crippen molar-refractivity contribution in [2.45, 2.75) is 63.0 Å². The summed E-state index contributed by atoms with van der Waals surface area (Å²) in [6.07, 6.45) is -6.61. The molecule has 4 nitrogen and oxygen atoms in total. The first-order valence-electron chi connectivity index (χ1n) is 11.0. The van der Waals surface area contributed by atoms with Crippen LogP contribution >= 0.6 is 11.6 Å². The van der Waals surface area contributed by atoms with Gasteiger partial charge in [0, 0.05) is 6.42 Å². The molecule has 3 rings (SSSR count). The summed E-state index contributed by atoms with van der Waals surface area (Å²) < 4.78 is 66.6. The second-order valence-corrected chi connectivity index (χ2v) is 9.64. The smallest absolute Gasteiger partial charge is 0.390 e. The van der Waals surface area contributed by atoms with Gasteiger partial charge in [0.2, 0.25) is 5.91 Å². The molecule has 1 saturated carbocycles. The van der Waals surface area contributed by atoms with Gasteiger partial charge >= 0.3 is 12.1 Å². The van der Waals surface area contributed by atoms with Crippen LogP contribution < -0.4 is 5.32 Å². The molecule has 0 radical (unpaired) electrons. The van der Waals surface area contributed by atoms with Crippen molar-refractivity contribution in [2.75, 3.05) is 5.32 Å². The summed E-state index contributed by atoms with van der Waals surface area (Å²) in [4.78, 5) is 24.2. The number of alkyl halides is 5.